The Kier molecular flexibility index (Phi) is 4.60. The van der Waals surface area contributed by atoms with Crippen LogP contribution in [0.5, 0.6) is 0 Å². The highest BCUT2D eigenvalue weighted by Gasteiger charge is 2.13. The van der Waals surface area contributed by atoms with Crippen LogP contribution in [0.25, 0.3) is 0 Å². The molecule has 0 amide bonds. The minimum atomic E-state index is -3.60. The maximum Gasteiger partial charge on any atom is 0.303 e. The summed E-state index contributed by atoms with van der Waals surface area (Å²) in [5.41, 5.74) is 1.32. The van der Waals surface area contributed by atoms with Crippen molar-refractivity contribution >= 4 is 21.9 Å². The first-order valence-electron chi connectivity index (χ1n) is 5.33. The summed E-state index contributed by atoms with van der Waals surface area (Å²) in [5, 5.41) is 8.43. The van der Waals surface area contributed by atoms with Gasteiger partial charge in [0, 0.05) is 17.8 Å². The first kappa shape index (κ1) is 14.4. The zero-order chi connectivity index (χ0) is 13.8. The predicted octanol–water partition coefficient (Wildman–Crippen LogP) is 0.700. The molecule has 0 unspecified atom stereocenters. The molecule has 0 fully saturated rings. The van der Waals surface area contributed by atoms with Crippen LogP contribution >= 0.6 is 0 Å². The van der Waals surface area contributed by atoms with Crippen LogP contribution in [-0.4, -0.2) is 35.2 Å². The molecule has 0 spiro atoms. The maximum absolute atomic E-state index is 11.6. The zero-order valence-corrected chi connectivity index (χ0v) is 11.0. The van der Waals surface area contributed by atoms with Crippen molar-refractivity contribution in [2.45, 2.75) is 26.7 Å². The van der Waals surface area contributed by atoms with Crippen LogP contribution in [0.3, 0.4) is 0 Å². The van der Waals surface area contributed by atoms with Crippen LogP contribution in [0.15, 0.2) is 6.07 Å². The van der Waals surface area contributed by atoms with Gasteiger partial charge in [0.05, 0.1) is 5.75 Å². The van der Waals surface area contributed by atoms with Crippen LogP contribution in [0.4, 0.5) is 5.95 Å². The van der Waals surface area contributed by atoms with Gasteiger partial charge < -0.3 is 5.11 Å². The van der Waals surface area contributed by atoms with Gasteiger partial charge in [0.2, 0.25) is 16.0 Å². The Labute approximate surface area is 105 Å². The van der Waals surface area contributed by atoms with Crippen molar-refractivity contribution in [2.24, 2.45) is 0 Å². The molecule has 1 heterocycles. The van der Waals surface area contributed by atoms with Crippen molar-refractivity contribution in [3.8, 4) is 0 Å². The summed E-state index contributed by atoms with van der Waals surface area (Å²) in [5.74, 6) is -1.27. The first-order valence-corrected chi connectivity index (χ1v) is 6.98. The molecule has 7 nitrogen and oxygen atoms in total. The number of nitrogens with zero attached hydrogens (tertiary/aromatic N) is 2. The summed E-state index contributed by atoms with van der Waals surface area (Å²) in [6, 6.07) is 1.72. The second-order valence-electron chi connectivity index (χ2n) is 3.89. The van der Waals surface area contributed by atoms with Crippen LogP contribution in [-0.2, 0) is 14.8 Å². The fourth-order valence-corrected chi connectivity index (χ4v) is 2.37. The van der Waals surface area contributed by atoms with Crippen LogP contribution in [0.1, 0.15) is 24.2 Å². The number of carbonyl (C=O) groups is 1. The Morgan fingerprint density at radius 1 is 1.33 bits per heavy atom. The van der Waals surface area contributed by atoms with Gasteiger partial charge in [-0.15, -0.1) is 0 Å². The molecule has 0 bridgehead atoms. The zero-order valence-electron chi connectivity index (χ0n) is 10.2. The van der Waals surface area contributed by atoms with E-state index in [1.165, 1.54) is 0 Å². The fraction of sp³-hybridized carbons (Fsp3) is 0.500. The highest BCUT2D eigenvalue weighted by atomic mass is 32.2. The Hall–Kier alpha value is -1.70. The normalized spacial score (nSPS) is 11.2. The van der Waals surface area contributed by atoms with E-state index in [0.29, 0.717) is 11.4 Å². The van der Waals surface area contributed by atoms with Crippen LogP contribution in [0, 0.1) is 13.8 Å². The molecular formula is C10H15N3O4S. The van der Waals surface area contributed by atoms with Crippen molar-refractivity contribution < 1.29 is 18.3 Å². The lowest BCUT2D eigenvalue weighted by Crippen LogP contribution is -2.19. The standard InChI is InChI=1S/C10H15N3O4S/c1-7-6-8(2)12-10(11-7)13-18(16,17)5-3-4-9(14)15/h6H,3-5H2,1-2H3,(H,14,15)(H,11,12,13). The molecule has 0 aliphatic carbocycles. The molecule has 2 N–H and O–H groups in total. The van der Waals surface area contributed by atoms with E-state index < -0.39 is 16.0 Å². The SMILES string of the molecule is Cc1cc(C)nc(NS(=O)(=O)CCCC(=O)O)n1. The minimum Gasteiger partial charge on any atom is -0.481 e. The highest BCUT2D eigenvalue weighted by Crippen LogP contribution is 2.07. The number of carboxylic acid groups (broad SMARTS) is 1. The van der Waals surface area contributed by atoms with E-state index in [9.17, 15) is 13.2 Å². The molecule has 18 heavy (non-hydrogen) atoms. The third-order valence-electron chi connectivity index (χ3n) is 2.03. The fourth-order valence-electron chi connectivity index (χ4n) is 1.38. The summed E-state index contributed by atoms with van der Waals surface area (Å²) in [7, 11) is -3.60. The summed E-state index contributed by atoms with van der Waals surface area (Å²) in [6.45, 7) is 3.47. The average Bonchev–Trinajstić information content (AvgIpc) is 2.12. The number of hydrogen-bond acceptors (Lipinski definition) is 5. The molecule has 0 aliphatic heterocycles. The molecule has 1 rings (SSSR count). The van der Waals surface area contributed by atoms with Crippen molar-refractivity contribution in [1.82, 2.24) is 9.97 Å². The molecule has 8 heteroatoms. The second-order valence-corrected chi connectivity index (χ2v) is 5.73. The Morgan fingerprint density at radius 2 is 1.89 bits per heavy atom. The van der Waals surface area contributed by atoms with Gasteiger partial charge in [-0.05, 0) is 26.3 Å². The highest BCUT2D eigenvalue weighted by molar-refractivity contribution is 7.92. The molecule has 0 aliphatic rings. The monoisotopic (exact) mass is 273 g/mol. The van der Waals surface area contributed by atoms with E-state index in [2.05, 4.69) is 14.7 Å². The van der Waals surface area contributed by atoms with E-state index in [1.807, 2.05) is 0 Å². The van der Waals surface area contributed by atoms with E-state index in [0.717, 1.165) is 0 Å². The summed E-state index contributed by atoms with van der Waals surface area (Å²) in [6.07, 6.45) is -0.135. The first-order chi connectivity index (χ1) is 8.28. The largest absolute Gasteiger partial charge is 0.481 e. The number of aryl methyl sites for hydroxylation is 2. The predicted molar refractivity (Wildman–Crippen MR) is 65.8 cm³/mol. The van der Waals surface area contributed by atoms with Gasteiger partial charge in [-0.25, -0.2) is 18.4 Å². The van der Waals surface area contributed by atoms with E-state index >= 15 is 0 Å². The third kappa shape index (κ3) is 5.09. The third-order valence-corrected chi connectivity index (χ3v) is 3.35. The molecule has 0 radical (unpaired) electrons. The lowest BCUT2D eigenvalue weighted by molar-refractivity contribution is -0.137. The average molecular weight is 273 g/mol. The summed E-state index contributed by atoms with van der Waals surface area (Å²) in [4.78, 5) is 18.2. The van der Waals surface area contributed by atoms with Crippen molar-refractivity contribution in [2.75, 3.05) is 10.5 Å². The van der Waals surface area contributed by atoms with Gasteiger partial charge in [0.25, 0.3) is 0 Å². The molecule has 0 atom stereocenters. The van der Waals surface area contributed by atoms with Gasteiger partial charge in [-0.3, -0.25) is 9.52 Å². The van der Waals surface area contributed by atoms with E-state index in [4.69, 9.17) is 5.11 Å². The number of hydrogen-bond donors (Lipinski definition) is 2. The number of nitrogens with one attached hydrogen (secondary N) is 1. The Balaban J connectivity index is 2.67. The molecule has 1 aromatic heterocycles. The number of sulfonamides is 1. The molecule has 0 aromatic carbocycles. The van der Waals surface area contributed by atoms with Gasteiger partial charge >= 0.3 is 5.97 Å². The number of anilines is 1. The summed E-state index contributed by atoms with van der Waals surface area (Å²) >= 11 is 0. The van der Waals surface area contributed by atoms with Crippen molar-refractivity contribution in [3.63, 3.8) is 0 Å². The second kappa shape index (κ2) is 5.76. The topological polar surface area (TPSA) is 109 Å². The summed E-state index contributed by atoms with van der Waals surface area (Å²) < 4.78 is 25.5. The van der Waals surface area contributed by atoms with Crippen LogP contribution < -0.4 is 4.72 Å². The smallest absolute Gasteiger partial charge is 0.303 e. The maximum atomic E-state index is 11.6. The van der Waals surface area contributed by atoms with Gasteiger partial charge in [0.1, 0.15) is 0 Å². The lowest BCUT2D eigenvalue weighted by atomic mass is 10.3. The van der Waals surface area contributed by atoms with E-state index in [-0.39, 0.29) is 24.5 Å². The molecule has 100 valence electrons. The van der Waals surface area contributed by atoms with Crippen LogP contribution in [0.2, 0.25) is 0 Å². The van der Waals surface area contributed by atoms with Crippen molar-refractivity contribution in [1.29, 1.82) is 0 Å². The lowest BCUT2D eigenvalue weighted by Gasteiger charge is -2.07. The van der Waals surface area contributed by atoms with E-state index in [1.54, 1.807) is 19.9 Å². The minimum absolute atomic E-state index is 0.0165. The number of aliphatic carboxylic acids is 1. The van der Waals surface area contributed by atoms with Gasteiger partial charge in [-0.1, -0.05) is 0 Å². The van der Waals surface area contributed by atoms with Gasteiger partial charge in [0.15, 0.2) is 0 Å². The molecular weight excluding hydrogens is 258 g/mol. The quantitative estimate of drug-likeness (QED) is 0.789. The Morgan fingerprint density at radius 3 is 2.39 bits per heavy atom. The number of carboxylic acids is 1. The van der Waals surface area contributed by atoms with Gasteiger partial charge in [-0.2, -0.15) is 0 Å². The molecule has 0 saturated heterocycles. The molecule has 0 saturated carbocycles. The number of rotatable bonds is 6. The van der Waals surface area contributed by atoms with Crippen molar-refractivity contribution in [3.05, 3.63) is 17.5 Å². The number of aromatic nitrogens is 2. The Bertz CT molecular complexity index is 522. The molecule has 1 aromatic rings.